The molecule has 0 spiro atoms. The van der Waals surface area contributed by atoms with Gasteiger partial charge in [-0.05, 0) is 17.7 Å². The van der Waals surface area contributed by atoms with Crippen LogP contribution in [0.5, 0.6) is 0 Å². The van der Waals surface area contributed by atoms with Gasteiger partial charge >= 0.3 is 0 Å². The van der Waals surface area contributed by atoms with Gasteiger partial charge in [0.05, 0.1) is 5.25 Å². The van der Waals surface area contributed by atoms with Crippen molar-refractivity contribution >= 4 is 27.7 Å². The molecule has 2 rings (SSSR count). The molecule has 0 bridgehead atoms. The van der Waals surface area contributed by atoms with Gasteiger partial charge < -0.3 is 4.79 Å². The second-order valence-corrected chi connectivity index (χ2v) is 7.09. The molecule has 0 heterocycles. The molecule has 1 fully saturated rings. The van der Waals surface area contributed by atoms with Crippen LogP contribution in [0.25, 0.3) is 0 Å². The van der Waals surface area contributed by atoms with Crippen LogP contribution in [-0.2, 0) is 14.6 Å². The SMILES string of the molecule is CCS(=O)(=O)[C@H]1[C@@H](C=O)[C@@H]1c1ccc(Cl)cc1. The first-order chi connectivity index (χ1) is 8.01. The van der Waals surface area contributed by atoms with Gasteiger partial charge in [-0.15, -0.1) is 0 Å². The number of hydrogen-bond donors (Lipinski definition) is 0. The molecular weight excluding hydrogens is 260 g/mol. The Labute approximate surface area is 106 Å². The van der Waals surface area contributed by atoms with E-state index in [1.165, 1.54) is 0 Å². The number of hydrogen-bond acceptors (Lipinski definition) is 3. The van der Waals surface area contributed by atoms with E-state index in [1.54, 1.807) is 31.2 Å². The van der Waals surface area contributed by atoms with Crippen LogP contribution in [0.2, 0.25) is 5.02 Å². The molecule has 3 nitrogen and oxygen atoms in total. The predicted octanol–water partition coefficient (Wildman–Crippen LogP) is 2.06. The number of aldehydes is 1. The Balaban J connectivity index is 2.29. The highest BCUT2D eigenvalue weighted by Gasteiger charge is 2.57. The minimum Gasteiger partial charge on any atom is -0.303 e. The summed E-state index contributed by atoms with van der Waals surface area (Å²) in [5.74, 6) is -0.526. The second-order valence-electron chi connectivity index (χ2n) is 4.21. The number of carbonyl (C=O) groups excluding carboxylic acids is 1. The van der Waals surface area contributed by atoms with Crippen molar-refractivity contribution in [1.82, 2.24) is 0 Å². The van der Waals surface area contributed by atoms with Crippen molar-refractivity contribution in [2.24, 2.45) is 5.92 Å². The standard InChI is InChI=1S/C12H13ClO3S/c1-2-17(15,16)12-10(7-14)11(12)8-3-5-9(13)6-4-8/h3-7,10-12H,2H2,1H3/t10-,11-,12-/m0/s1. The first kappa shape index (κ1) is 12.6. The third-order valence-electron chi connectivity index (χ3n) is 3.24. The molecule has 1 aliphatic rings. The van der Waals surface area contributed by atoms with E-state index in [0.29, 0.717) is 5.02 Å². The molecule has 0 unspecified atom stereocenters. The van der Waals surface area contributed by atoms with Crippen molar-refractivity contribution in [1.29, 1.82) is 0 Å². The lowest BCUT2D eigenvalue weighted by Gasteiger charge is -2.00. The second kappa shape index (κ2) is 4.42. The van der Waals surface area contributed by atoms with Gasteiger partial charge in [-0.1, -0.05) is 30.7 Å². The fourth-order valence-corrected chi connectivity index (χ4v) is 4.14. The average Bonchev–Trinajstić information content (AvgIpc) is 3.05. The summed E-state index contributed by atoms with van der Waals surface area (Å²) in [7, 11) is -3.16. The van der Waals surface area contributed by atoms with Crippen LogP contribution in [0.3, 0.4) is 0 Å². The summed E-state index contributed by atoms with van der Waals surface area (Å²) in [4.78, 5) is 10.9. The summed E-state index contributed by atoms with van der Waals surface area (Å²) in [5.41, 5.74) is 0.869. The highest BCUT2D eigenvalue weighted by Crippen LogP contribution is 2.51. The van der Waals surface area contributed by atoms with Crippen LogP contribution in [-0.4, -0.2) is 25.7 Å². The third kappa shape index (κ3) is 2.24. The summed E-state index contributed by atoms with van der Waals surface area (Å²) in [6.45, 7) is 1.61. The lowest BCUT2D eigenvalue weighted by atomic mass is 10.1. The Morgan fingerprint density at radius 2 is 1.88 bits per heavy atom. The van der Waals surface area contributed by atoms with Crippen molar-refractivity contribution in [3.63, 3.8) is 0 Å². The molecule has 0 aromatic heterocycles. The number of carbonyl (C=O) groups is 1. The molecular formula is C12H13ClO3S. The van der Waals surface area contributed by atoms with E-state index in [9.17, 15) is 13.2 Å². The topological polar surface area (TPSA) is 51.2 Å². The predicted molar refractivity (Wildman–Crippen MR) is 67.0 cm³/mol. The number of benzene rings is 1. The van der Waals surface area contributed by atoms with Crippen LogP contribution in [0.4, 0.5) is 0 Å². The summed E-state index contributed by atoms with van der Waals surface area (Å²) < 4.78 is 23.6. The number of rotatable bonds is 4. The zero-order valence-electron chi connectivity index (χ0n) is 9.34. The molecule has 0 saturated heterocycles. The molecule has 1 saturated carbocycles. The zero-order valence-corrected chi connectivity index (χ0v) is 10.9. The number of halogens is 1. The van der Waals surface area contributed by atoms with Gasteiger partial charge in [-0.25, -0.2) is 8.42 Å². The maximum Gasteiger partial charge on any atom is 0.154 e. The Morgan fingerprint density at radius 3 is 2.35 bits per heavy atom. The van der Waals surface area contributed by atoms with Crippen molar-refractivity contribution in [3.8, 4) is 0 Å². The molecule has 3 atom stereocenters. The van der Waals surface area contributed by atoms with Gasteiger partial charge in [0.2, 0.25) is 0 Å². The Bertz CT molecular complexity index is 521. The van der Waals surface area contributed by atoms with E-state index in [2.05, 4.69) is 0 Å². The smallest absolute Gasteiger partial charge is 0.154 e. The van der Waals surface area contributed by atoms with Crippen LogP contribution in [0, 0.1) is 5.92 Å². The normalized spacial score (nSPS) is 27.8. The van der Waals surface area contributed by atoms with E-state index < -0.39 is 21.0 Å². The van der Waals surface area contributed by atoms with Crippen LogP contribution in [0.1, 0.15) is 18.4 Å². The Hall–Kier alpha value is -0.870. The summed E-state index contributed by atoms with van der Waals surface area (Å²) >= 11 is 5.77. The van der Waals surface area contributed by atoms with E-state index in [1.807, 2.05) is 0 Å². The molecule has 92 valence electrons. The van der Waals surface area contributed by atoms with Crippen LogP contribution in [0.15, 0.2) is 24.3 Å². The fraction of sp³-hybridized carbons (Fsp3) is 0.417. The quantitative estimate of drug-likeness (QED) is 0.789. The monoisotopic (exact) mass is 272 g/mol. The fourth-order valence-electron chi connectivity index (χ4n) is 2.22. The van der Waals surface area contributed by atoms with Gasteiger partial charge in [0.1, 0.15) is 6.29 Å². The van der Waals surface area contributed by atoms with Crippen molar-refractivity contribution in [3.05, 3.63) is 34.9 Å². The summed E-state index contributed by atoms with van der Waals surface area (Å²) in [5, 5.41) is 0.0538. The maximum atomic E-state index is 11.8. The lowest BCUT2D eigenvalue weighted by molar-refractivity contribution is -0.108. The summed E-state index contributed by atoms with van der Waals surface area (Å²) in [6.07, 6.45) is 0.747. The molecule has 1 aromatic carbocycles. The van der Waals surface area contributed by atoms with Crippen molar-refractivity contribution < 1.29 is 13.2 Å². The molecule has 1 aliphatic carbocycles. The molecule has 5 heteroatoms. The minimum atomic E-state index is -3.16. The molecule has 0 aliphatic heterocycles. The lowest BCUT2D eigenvalue weighted by Crippen LogP contribution is -2.12. The third-order valence-corrected chi connectivity index (χ3v) is 5.73. The van der Waals surface area contributed by atoms with Gasteiger partial charge in [-0.3, -0.25) is 0 Å². The van der Waals surface area contributed by atoms with Gasteiger partial charge in [-0.2, -0.15) is 0 Å². The van der Waals surface area contributed by atoms with Crippen molar-refractivity contribution in [2.45, 2.75) is 18.1 Å². The largest absolute Gasteiger partial charge is 0.303 e. The van der Waals surface area contributed by atoms with Crippen molar-refractivity contribution in [2.75, 3.05) is 5.75 Å². The average molecular weight is 273 g/mol. The van der Waals surface area contributed by atoms with Crippen LogP contribution >= 0.6 is 11.6 Å². The van der Waals surface area contributed by atoms with E-state index >= 15 is 0 Å². The van der Waals surface area contributed by atoms with Gasteiger partial charge in [0.15, 0.2) is 9.84 Å². The van der Waals surface area contributed by atoms with Gasteiger partial charge in [0.25, 0.3) is 0 Å². The first-order valence-electron chi connectivity index (χ1n) is 5.43. The molecule has 17 heavy (non-hydrogen) atoms. The van der Waals surface area contributed by atoms with Crippen LogP contribution < -0.4 is 0 Å². The Kier molecular flexibility index (Phi) is 3.27. The van der Waals surface area contributed by atoms with Gasteiger partial charge in [0, 0.05) is 22.6 Å². The maximum absolute atomic E-state index is 11.8. The molecule has 0 N–H and O–H groups in total. The molecule has 0 radical (unpaired) electrons. The molecule has 1 aromatic rings. The van der Waals surface area contributed by atoms with E-state index in [4.69, 9.17) is 11.6 Å². The number of sulfone groups is 1. The highest BCUT2D eigenvalue weighted by molar-refractivity contribution is 7.92. The van der Waals surface area contributed by atoms with E-state index in [-0.39, 0.29) is 11.7 Å². The first-order valence-corrected chi connectivity index (χ1v) is 7.53. The van der Waals surface area contributed by atoms with E-state index in [0.717, 1.165) is 11.8 Å². The minimum absolute atomic E-state index is 0.0755. The zero-order chi connectivity index (χ0) is 12.6. The Morgan fingerprint density at radius 1 is 1.29 bits per heavy atom. The molecule has 0 amide bonds. The summed E-state index contributed by atoms with van der Waals surface area (Å²) in [6, 6.07) is 7.00. The highest BCUT2D eigenvalue weighted by atomic mass is 35.5.